The van der Waals surface area contributed by atoms with Crippen LogP contribution in [0.15, 0.2) is 24.3 Å². The van der Waals surface area contributed by atoms with Gasteiger partial charge in [-0.15, -0.1) is 0 Å². The molecular formula is C17H18F3N3O3. The number of alkyl halides is 3. The fourth-order valence-corrected chi connectivity index (χ4v) is 3.40. The lowest BCUT2D eigenvalue weighted by atomic mass is 10.1. The molecule has 26 heavy (non-hydrogen) atoms. The molecule has 6 nitrogen and oxygen atoms in total. The highest BCUT2D eigenvalue weighted by molar-refractivity contribution is 5.95. The Morgan fingerprint density at radius 2 is 2.04 bits per heavy atom. The SMILES string of the molecule is CN1CC(=O)N2C[C@@H](NC(=O)Cc3cccc(C(F)(F)F)c3)C[C@H]2C1=O. The second-order valence-corrected chi connectivity index (χ2v) is 6.63. The summed E-state index contributed by atoms with van der Waals surface area (Å²) in [5.74, 6) is -0.784. The number of amides is 3. The molecule has 0 radical (unpaired) electrons. The van der Waals surface area contributed by atoms with Crippen molar-refractivity contribution in [2.75, 3.05) is 20.1 Å². The second kappa shape index (κ2) is 6.62. The smallest absolute Gasteiger partial charge is 0.351 e. The maximum absolute atomic E-state index is 12.7. The first-order chi connectivity index (χ1) is 12.1. The summed E-state index contributed by atoms with van der Waals surface area (Å²) < 4.78 is 38.2. The molecule has 0 saturated carbocycles. The summed E-state index contributed by atoms with van der Waals surface area (Å²) in [4.78, 5) is 39.1. The van der Waals surface area contributed by atoms with Crippen LogP contribution in [0.5, 0.6) is 0 Å². The Labute approximate surface area is 147 Å². The highest BCUT2D eigenvalue weighted by atomic mass is 19.4. The lowest BCUT2D eigenvalue weighted by Gasteiger charge is -2.33. The number of rotatable bonds is 3. The minimum atomic E-state index is -4.46. The van der Waals surface area contributed by atoms with Crippen LogP contribution in [0.1, 0.15) is 17.5 Å². The molecule has 140 valence electrons. The quantitative estimate of drug-likeness (QED) is 0.857. The number of fused-ring (bicyclic) bond motifs is 1. The van der Waals surface area contributed by atoms with Gasteiger partial charge < -0.3 is 15.1 Å². The normalized spacial score (nSPS) is 23.2. The number of piperazine rings is 1. The molecule has 0 unspecified atom stereocenters. The fourth-order valence-electron chi connectivity index (χ4n) is 3.40. The van der Waals surface area contributed by atoms with Gasteiger partial charge in [0, 0.05) is 19.6 Å². The van der Waals surface area contributed by atoms with Crippen molar-refractivity contribution in [1.82, 2.24) is 15.1 Å². The minimum Gasteiger partial charge on any atom is -0.351 e. The first-order valence-corrected chi connectivity index (χ1v) is 8.15. The van der Waals surface area contributed by atoms with Crippen molar-refractivity contribution >= 4 is 17.7 Å². The minimum absolute atomic E-state index is 0.0141. The van der Waals surface area contributed by atoms with Gasteiger partial charge in [-0.05, 0) is 18.1 Å². The van der Waals surface area contributed by atoms with E-state index in [0.717, 1.165) is 12.1 Å². The Balaban J connectivity index is 1.61. The Morgan fingerprint density at radius 1 is 1.31 bits per heavy atom. The van der Waals surface area contributed by atoms with Crippen molar-refractivity contribution in [3.8, 4) is 0 Å². The van der Waals surface area contributed by atoms with E-state index in [1.54, 1.807) is 7.05 Å². The van der Waals surface area contributed by atoms with Crippen LogP contribution in [-0.4, -0.2) is 59.7 Å². The number of carbonyl (C=O) groups excluding carboxylic acids is 3. The standard InChI is InChI=1S/C17H18F3N3O3/c1-22-9-15(25)23-8-12(7-13(23)16(22)26)21-14(24)6-10-3-2-4-11(5-10)17(18,19)20/h2-5,12-13H,6-9H2,1H3,(H,21,24)/t12-,13-/m0/s1. The molecule has 9 heteroatoms. The summed E-state index contributed by atoms with van der Waals surface area (Å²) >= 11 is 0. The molecule has 2 aliphatic heterocycles. The predicted octanol–water partition coefficient (Wildman–Crippen LogP) is 0.806. The van der Waals surface area contributed by atoms with Crippen molar-refractivity contribution in [2.24, 2.45) is 0 Å². The summed E-state index contributed by atoms with van der Waals surface area (Å²) in [6.45, 7) is 0.248. The van der Waals surface area contributed by atoms with Gasteiger partial charge in [-0.25, -0.2) is 0 Å². The van der Waals surface area contributed by atoms with Crippen molar-refractivity contribution in [3.63, 3.8) is 0 Å². The molecule has 1 N–H and O–H groups in total. The van der Waals surface area contributed by atoms with E-state index in [1.165, 1.54) is 21.9 Å². The van der Waals surface area contributed by atoms with Gasteiger partial charge in [-0.3, -0.25) is 14.4 Å². The molecule has 0 aromatic heterocycles. The zero-order valence-corrected chi connectivity index (χ0v) is 14.0. The van der Waals surface area contributed by atoms with Crippen molar-refractivity contribution < 1.29 is 27.6 Å². The van der Waals surface area contributed by atoms with Gasteiger partial charge in [-0.2, -0.15) is 13.2 Å². The number of nitrogens with one attached hydrogen (secondary N) is 1. The number of benzene rings is 1. The number of nitrogens with zero attached hydrogens (tertiary/aromatic N) is 2. The largest absolute Gasteiger partial charge is 0.416 e. The molecule has 2 atom stereocenters. The summed E-state index contributed by atoms with van der Waals surface area (Å²) in [5.41, 5.74) is -0.556. The van der Waals surface area contributed by atoms with E-state index < -0.39 is 29.7 Å². The molecule has 2 fully saturated rings. The molecule has 2 saturated heterocycles. The number of likely N-dealkylation sites (N-methyl/N-ethyl adjacent to an activating group) is 1. The Bertz CT molecular complexity index is 750. The van der Waals surface area contributed by atoms with Gasteiger partial charge >= 0.3 is 6.18 Å². The molecule has 3 rings (SSSR count). The maximum atomic E-state index is 12.7. The van der Waals surface area contributed by atoms with Crippen molar-refractivity contribution in [3.05, 3.63) is 35.4 Å². The van der Waals surface area contributed by atoms with Gasteiger partial charge in [0.2, 0.25) is 17.7 Å². The van der Waals surface area contributed by atoms with E-state index in [1.807, 2.05) is 0 Å². The zero-order chi connectivity index (χ0) is 19.1. The Kier molecular flexibility index (Phi) is 4.64. The van der Waals surface area contributed by atoms with Gasteiger partial charge in [0.25, 0.3) is 0 Å². The zero-order valence-electron chi connectivity index (χ0n) is 14.0. The van der Waals surface area contributed by atoms with Crippen LogP contribution in [0.4, 0.5) is 13.2 Å². The monoisotopic (exact) mass is 369 g/mol. The summed E-state index contributed by atoms with van der Waals surface area (Å²) in [6.07, 6.45) is -4.36. The third kappa shape index (κ3) is 3.66. The van der Waals surface area contributed by atoms with Crippen LogP contribution in [0.2, 0.25) is 0 Å². The highest BCUT2D eigenvalue weighted by Crippen LogP contribution is 2.29. The number of halogens is 3. The molecule has 0 aliphatic carbocycles. The highest BCUT2D eigenvalue weighted by Gasteiger charge is 2.44. The van der Waals surface area contributed by atoms with Gasteiger partial charge in [0.05, 0.1) is 18.5 Å². The van der Waals surface area contributed by atoms with Crippen LogP contribution in [0.3, 0.4) is 0 Å². The number of carbonyl (C=O) groups is 3. The molecule has 2 heterocycles. The molecule has 2 aliphatic rings. The number of hydrogen-bond donors (Lipinski definition) is 1. The molecule has 0 bridgehead atoms. The maximum Gasteiger partial charge on any atom is 0.416 e. The predicted molar refractivity (Wildman–Crippen MR) is 84.8 cm³/mol. The molecule has 0 spiro atoms. The van der Waals surface area contributed by atoms with Crippen molar-refractivity contribution in [1.29, 1.82) is 0 Å². The summed E-state index contributed by atoms with van der Waals surface area (Å²) in [6, 6.07) is 3.63. The second-order valence-electron chi connectivity index (χ2n) is 6.63. The van der Waals surface area contributed by atoms with Gasteiger partial charge in [0.1, 0.15) is 6.04 Å². The fraction of sp³-hybridized carbons (Fsp3) is 0.471. The molecule has 3 amide bonds. The van der Waals surface area contributed by atoms with E-state index in [9.17, 15) is 27.6 Å². The third-order valence-corrected chi connectivity index (χ3v) is 4.64. The van der Waals surface area contributed by atoms with Gasteiger partial charge in [0.15, 0.2) is 0 Å². The molecule has 1 aromatic carbocycles. The van der Waals surface area contributed by atoms with Gasteiger partial charge in [-0.1, -0.05) is 18.2 Å². The van der Waals surface area contributed by atoms with Crippen LogP contribution in [0, 0.1) is 0 Å². The van der Waals surface area contributed by atoms with Crippen LogP contribution in [0.25, 0.3) is 0 Å². The molecular weight excluding hydrogens is 351 g/mol. The number of hydrogen-bond acceptors (Lipinski definition) is 3. The van der Waals surface area contributed by atoms with E-state index in [2.05, 4.69) is 5.32 Å². The average molecular weight is 369 g/mol. The lowest BCUT2D eigenvalue weighted by Crippen LogP contribution is -2.55. The first-order valence-electron chi connectivity index (χ1n) is 8.15. The first kappa shape index (κ1) is 18.2. The molecule has 1 aromatic rings. The topological polar surface area (TPSA) is 69.7 Å². The van der Waals surface area contributed by atoms with E-state index in [-0.39, 0.29) is 36.9 Å². The third-order valence-electron chi connectivity index (χ3n) is 4.64. The van der Waals surface area contributed by atoms with E-state index >= 15 is 0 Å². The summed E-state index contributed by atoms with van der Waals surface area (Å²) in [5, 5.41) is 2.71. The summed E-state index contributed by atoms with van der Waals surface area (Å²) in [7, 11) is 1.55. The van der Waals surface area contributed by atoms with Crippen LogP contribution < -0.4 is 5.32 Å². The van der Waals surface area contributed by atoms with Crippen LogP contribution >= 0.6 is 0 Å². The van der Waals surface area contributed by atoms with Crippen LogP contribution in [-0.2, 0) is 27.0 Å². The van der Waals surface area contributed by atoms with E-state index in [4.69, 9.17) is 0 Å². The average Bonchev–Trinajstić information content (AvgIpc) is 2.96. The lowest BCUT2D eigenvalue weighted by molar-refractivity contribution is -0.152. The van der Waals surface area contributed by atoms with Crippen molar-refractivity contribution in [2.45, 2.75) is 31.1 Å². The Hall–Kier alpha value is -2.58. The Morgan fingerprint density at radius 3 is 2.73 bits per heavy atom. The van der Waals surface area contributed by atoms with E-state index in [0.29, 0.717) is 6.42 Å².